The van der Waals surface area contributed by atoms with Gasteiger partial charge in [0.05, 0.1) is 20.4 Å². The summed E-state index contributed by atoms with van der Waals surface area (Å²) in [5.41, 5.74) is 0.130. The number of ether oxygens (including phenoxy) is 2. The number of nitriles is 1. The zero-order chi connectivity index (χ0) is 13.8. The first-order valence-electron chi connectivity index (χ1n) is 5.41. The molecule has 0 bridgehead atoms. The van der Waals surface area contributed by atoms with Crippen molar-refractivity contribution in [1.82, 2.24) is 9.97 Å². The summed E-state index contributed by atoms with van der Waals surface area (Å²) < 4.78 is 10.3. The lowest BCUT2D eigenvalue weighted by Gasteiger charge is -2.07. The highest BCUT2D eigenvalue weighted by Crippen LogP contribution is 2.27. The lowest BCUT2D eigenvalue weighted by atomic mass is 10.2. The average Bonchev–Trinajstić information content (AvgIpc) is 2.46. The second-order valence-electron chi connectivity index (χ2n) is 3.69. The van der Waals surface area contributed by atoms with Crippen molar-refractivity contribution in [3.63, 3.8) is 0 Å². The molecule has 0 aliphatic carbocycles. The van der Waals surface area contributed by atoms with Crippen molar-refractivity contribution in [2.75, 3.05) is 14.2 Å². The fourth-order valence-electron chi connectivity index (χ4n) is 1.57. The van der Waals surface area contributed by atoms with Gasteiger partial charge in [-0.3, -0.25) is 4.79 Å². The lowest BCUT2D eigenvalue weighted by molar-refractivity contribution is 0.394. The number of benzene rings is 1. The highest BCUT2D eigenvalue weighted by molar-refractivity contribution is 5.60. The molecule has 0 unspecified atom stereocenters. The minimum absolute atomic E-state index is 0.0291. The van der Waals surface area contributed by atoms with Crippen molar-refractivity contribution in [2.24, 2.45) is 0 Å². The first-order chi connectivity index (χ1) is 9.17. The van der Waals surface area contributed by atoms with Crippen molar-refractivity contribution < 1.29 is 9.47 Å². The molecule has 19 heavy (non-hydrogen) atoms. The van der Waals surface area contributed by atoms with Gasteiger partial charge in [-0.2, -0.15) is 5.26 Å². The van der Waals surface area contributed by atoms with Crippen LogP contribution in [0.3, 0.4) is 0 Å². The Morgan fingerprint density at radius 1 is 1.21 bits per heavy atom. The molecule has 6 heteroatoms. The molecule has 2 aromatic rings. The smallest absolute Gasteiger partial charge is 0.269 e. The molecule has 0 aliphatic rings. The Kier molecular flexibility index (Phi) is 3.48. The largest absolute Gasteiger partial charge is 0.497 e. The number of hydrogen-bond acceptors (Lipinski definition) is 5. The summed E-state index contributed by atoms with van der Waals surface area (Å²) in [4.78, 5) is 18.2. The quantitative estimate of drug-likeness (QED) is 0.896. The van der Waals surface area contributed by atoms with E-state index in [1.165, 1.54) is 20.4 Å². The summed E-state index contributed by atoms with van der Waals surface area (Å²) in [7, 11) is 3.07. The maximum atomic E-state index is 11.6. The molecular formula is C13H11N3O3. The van der Waals surface area contributed by atoms with Crippen LogP contribution in [0.1, 0.15) is 5.56 Å². The van der Waals surface area contributed by atoms with E-state index in [9.17, 15) is 4.79 Å². The van der Waals surface area contributed by atoms with Crippen molar-refractivity contribution in [1.29, 1.82) is 5.26 Å². The van der Waals surface area contributed by atoms with E-state index in [0.29, 0.717) is 22.9 Å². The number of rotatable bonds is 3. The van der Waals surface area contributed by atoms with Crippen LogP contribution < -0.4 is 15.0 Å². The van der Waals surface area contributed by atoms with E-state index in [2.05, 4.69) is 9.97 Å². The summed E-state index contributed by atoms with van der Waals surface area (Å²) in [6, 6.07) is 6.91. The fraction of sp³-hybridized carbons (Fsp3) is 0.154. The van der Waals surface area contributed by atoms with Gasteiger partial charge >= 0.3 is 0 Å². The van der Waals surface area contributed by atoms with Gasteiger partial charge in [-0.1, -0.05) is 0 Å². The topological polar surface area (TPSA) is 88.0 Å². The fourth-order valence-corrected chi connectivity index (χ4v) is 1.57. The molecule has 0 atom stereocenters. The molecule has 0 spiro atoms. The van der Waals surface area contributed by atoms with E-state index in [1.54, 1.807) is 24.3 Å². The summed E-state index contributed by atoms with van der Waals surface area (Å²) in [6.07, 6.45) is 1.24. The van der Waals surface area contributed by atoms with E-state index in [0.717, 1.165) is 0 Å². The minimum atomic E-state index is -0.478. The van der Waals surface area contributed by atoms with Crippen LogP contribution in [0.4, 0.5) is 0 Å². The molecule has 0 amide bonds. The number of aromatic nitrogens is 2. The normalized spacial score (nSPS) is 9.74. The highest BCUT2D eigenvalue weighted by atomic mass is 16.5. The van der Waals surface area contributed by atoms with Gasteiger partial charge in [-0.15, -0.1) is 0 Å². The highest BCUT2D eigenvalue weighted by Gasteiger charge is 2.08. The second kappa shape index (κ2) is 5.23. The summed E-state index contributed by atoms with van der Waals surface area (Å²) in [5, 5.41) is 8.69. The molecule has 1 aromatic carbocycles. The van der Waals surface area contributed by atoms with Gasteiger partial charge in [0.1, 0.15) is 29.0 Å². The Hall–Kier alpha value is -2.81. The molecule has 0 saturated carbocycles. The van der Waals surface area contributed by atoms with Gasteiger partial charge < -0.3 is 14.5 Å². The van der Waals surface area contributed by atoms with E-state index in [1.807, 2.05) is 0 Å². The van der Waals surface area contributed by atoms with Crippen LogP contribution in [-0.4, -0.2) is 24.2 Å². The van der Waals surface area contributed by atoms with Crippen LogP contribution >= 0.6 is 0 Å². The third kappa shape index (κ3) is 2.55. The molecule has 0 aliphatic heterocycles. The van der Waals surface area contributed by atoms with E-state index >= 15 is 0 Å². The number of methoxy groups -OCH3 is 2. The van der Waals surface area contributed by atoms with Crippen molar-refractivity contribution in [3.05, 3.63) is 40.3 Å². The molecule has 96 valence electrons. The molecule has 0 fully saturated rings. The standard InChI is InChI=1S/C13H11N3O3/c1-18-10-3-8(4-11(5-10)19-2)12-15-7-9(6-14)13(17)16-12/h3-5,7H,1-2H3,(H,15,16,17). The SMILES string of the molecule is COc1cc(OC)cc(-c2ncc(C#N)c(=O)[nH]2)c1. The predicted molar refractivity (Wildman–Crippen MR) is 68.1 cm³/mol. The maximum Gasteiger partial charge on any atom is 0.269 e. The first-order valence-corrected chi connectivity index (χ1v) is 5.41. The Balaban J connectivity index is 2.55. The molecule has 1 heterocycles. The van der Waals surface area contributed by atoms with Gasteiger partial charge in [-0.05, 0) is 12.1 Å². The third-order valence-electron chi connectivity index (χ3n) is 2.54. The van der Waals surface area contributed by atoms with Crippen LogP contribution in [0.5, 0.6) is 11.5 Å². The number of nitrogens with one attached hydrogen (secondary N) is 1. The number of aromatic amines is 1. The van der Waals surface area contributed by atoms with E-state index in [4.69, 9.17) is 14.7 Å². The first kappa shape index (κ1) is 12.6. The molecule has 0 saturated heterocycles. The Bertz CT molecular complexity index is 679. The van der Waals surface area contributed by atoms with Gasteiger partial charge in [0.25, 0.3) is 5.56 Å². The molecule has 1 aromatic heterocycles. The van der Waals surface area contributed by atoms with Gasteiger partial charge in [-0.25, -0.2) is 4.98 Å². The number of H-pyrrole nitrogens is 1. The van der Waals surface area contributed by atoms with Crippen LogP contribution in [0, 0.1) is 11.3 Å². The minimum Gasteiger partial charge on any atom is -0.497 e. The summed E-state index contributed by atoms with van der Waals surface area (Å²) >= 11 is 0. The molecule has 6 nitrogen and oxygen atoms in total. The second-order valence-corrected chi connectivity index (χ2v) is 3.69. The monoisotopic (exact) mass is 257 g/mol. The molecular weight excluding hydrogens is 246 g/mol. The Labute approximate surface area is 109 Å². The van der Waals surface area contributed by atoms with Crippen LogP contribution in [0.15, 0.2) is 29.2 Å². The van der Waals surface area contributed by atoms with Gasteiger partial charge in [0, 0.05) is 11.6 Å². The maximum absolute atomic E-state index is 11.6. The molecule has 2 rings (SSSR count). The van der Waals surface area contributed by atoms with Crippen molar-refractivity contribution >= 4 is 0 Å². The van der Waals surface area contributed by atoms with Gasteiger partial charge in [0.15, 0.2) is 0 Å². The van der Waals surface area contributed by atoms with Crippen molar-refractivity contribution in [3.8, 4) is 29.0 Å². The van der Waals surface area contributed by atoms with Crippen LogP contribution in [-0.2, 0) is 0 Å². The third-order valence-corrected chi connectivity index (χ3v) is 2.54. The van der Waals surface area contributed by atoms with Crippen LogP contribution in [0.2, 0.25) is 0 Å². The van der Waals surface area contributed by atoms with Gasteiger partial charge in [0.2, 0.25) is 0 Å². The average molecular weight is 257 g/mol. The zero-order valence-corrected chi connectivity index (χ0v) is 10.4. The Morgan fingerprint density at radius 3 is 2.32 bits per heavy atom. The Morgan fingerprint density at radius 2 is 1.84 bits per heavy atom. The zero-order valence-electron chi connectivity index (χ0n) is 10.4. The lowest BCUT2D eigenvalue weighted by Crippen LogP contribution is -2.12. The number of hydrogen-bond donors (Lipinski definition) is 1. The van der Waals surface area contributed by atoms with E-state index < -0.39 is 5.56 Å². The van der Waals surface area contributed by atoms with Crippen LogP contribution in [0.25, 0.3) is 11.4 Å². The molecule has 1 N–H and O–H groups in total. The molecule has 0 radical (unpaired) electrons. The number of nitrogens with zero attached hydrogens (tertiary/aromatic N) is 2. The predicted octanol–water partition coefficient (Wildman–Crippen LogP) is 1.33. The summed E-state index contributed by atoms with van der Waals surface area (Å²) in [5.74, 6) is 1.52. The van der Waals surface area contributed by atoms with Crippen molar-refractivity contribution in [2.45, 2.75) is 0 Å². The summed E-state index contributed by atoms with van der Waals surface area (Å²) in [6.45, 7) is 0. The van der Waals surface area contributed by atoms with E-state index in [-0.39, 0.29) is 5.56 Å².